The average Bonchev–Trinajstić information content (AvgIpc) is 3.24. The normalized spacial score (nSPS) is 25.1. The Kier molecular flexibility index (Phi) is 3.34. The zero-order valence-corrected chi connectivity index (χ0v) is 12.5. The molecule has 21 heavy (non-hydrogen) atoms. The summed E-state index contributed by atoms with van der Waals surface area (Å²) in [5.41, 5.74) is 3.32. The summed E-state index contributed by atoms with van der Waals surface area (Å²) < 4.78 is 0. The first kappa shape index (κ1) is 13.1. The molecule has 3 aliphatic rings. The third-order valence-corrected chi connectivity index (χ3v) is 5.17. The topological polar surface area (TPSA) is 35.6 Å². The van der Waals surface area contributed by atoms with Crippen molar-refractivity contribution in [3.8, 4) is 0 Å². The highest BCUT2D eigenvalue weighted by Gasteiger charge is 2.32. The van der Waals surface area contributed by atoms with E-state index in [4.69, 9.17) is 0 Å². The van der Waals surface area contributed by atoms with Crippen molar-refractivity contribution in [1.82, 2.24) is 9.80 Å². The van der Waals surface area contributed by atoms with E-state index in [0.29, 0.717) is 6.04 Å². The molecule has 3 aliphatic heterocycles. The van der Waals surface area contributed by atoms with E-state index in [1.165, 1.54) is 31.5 Å². The van der Waals surface area contributed by atoms with Crippen molar-refractivity contribution in [2.45, 2.75) is 31.7 Å². The van der Waals surface area contributed by atoms with Crippen LogP contribution in [0.4, 0.5) is 5.69 Å². The van der Waals surface area contributed by atoms with Gasteiger partial charge in [-0.2, -0.15) is 0 Å². The Morgan fingerprint density at radius 2 is 2.05 bits per heavy atom. The second kappa shape index (κ2) is 5.34. The lowest BCUT2D eigenvalue weighted by molar-refractivity contribution is 0.0780. The monoisotopic (exact) mass is 285 g/mol. The summed E-state index contributed by atoms with van der Waals surface area (Å²) >= 11 is 0. The molecule has 112 valence electrons. The van der Waals surface area contributed by atoms with Crippen LogP contribution in [0.5, 0.6) is 0 Å². The van der Waals surface area contributed by atoms with Gasteiger partial charge in [-0.25, -0.2) is 0 Å². The minimum atomic E-state index is 0.202. The number of amides is 1. The maximum Gasteiger partial charge on any atom is 0.253 e. The third kappa shape index (κ3) is 2.42. The van der Waals surface area contributed by atoms with Crippen molar-refractivity contribution in [2.75, 3.05) is 38.0 Å². The lowest BCUT2D eigenvalue weighted by Crippen LogP contribution is -2.37. The lowest BCUT2D eigenvalue weighted by atomic mass is 10.1. The number of carbonyl (C=O) groups is 1. The van der Waals surface area contributed by atoms with Crippen LogP contribution in [-0.4, -0.2) is 54.5 Å². The van der Waals surface area contributed by atoms with E-state index in [2.05, 4.69) is 16.3 Å². The third-order valence-electron chi connectivity index (χ3n) is 5.17. The predicted molar refractivity (Wildman–Crippen MR) is 83.8 cm³/mol. The second-order valence-electron chi connectivity index (χ2n) is 6.49. The van der Waals surface area contributed by atoms with Gasteiger partial charge in [0.05, 0.1) is 0 Å². The molecule has 1 aromatic carbocycles. The highest BCUT2D eigenvalue weighted by Crippen LogP contribution is 2.26. The van der Waals surface area contributed by atoms with Crippen LogP contribution in [-0.2, 0) is 6.42 Å². The van der Waals surface area contributed by atoms with Crippen molar-refractivity contribution < 1.29 is 4.79 Å². The number of likely N-dealkylation sites (tertiary alicyclic amines) is 2. The summed E-state index contributed by atoms with van der Waals surface area (Å²) in [6.45, 7) is 5.24. The van der Waals surface area contributed by atoms with E-state index in [1.54, 1.807) is 0 Å². The number of nitrogens with zero attached hydrogens (tertiary/aromatic N) is 2. The van der Waals surface area contributed by atoms with Gasteiger partial charge in [-0.3, -0.25) is 9.69 Å². The van der Waals surface area contributed by atoms with Crippen molar-refractivity contribution in [3.05, 3.63) is 29.3 Å². The van der Waals surface area contributed by atoms with Crippen molar-refractivity contribution in [3.63, 3.8) is 0 Å². The first-order valence-corrected chi connectivity index (χ1v) is 8.21. The molecule has 4 heteroatoms. The standard InChI is InChI=1S/C17H23N3O/c21-17(14-4-3-13-5-7-18-16(13)11-14)20-10-6-15(12-20)19-8-1-2-9-19/h3-4,11,15,18H,1-2,5-10,12H2. The maximum atomic E-state index is 12.7. The van der Waals surface area contributed by atoms with Gasteiger partial charge in [0.1, 0.15) is 0 Å². The average molecular weight is 285 g/mol. The molecule has 4 rings (SSSR count). The molecule has 1 amide bonds. The summed E-state index contributed by atoms with van der Waals surface area (Å²) in [6.07, 6.45) is 4.85. The molecule has 0 aromatic heterocycles. The van der Waals surface area contributed by atoms with E-state index in [9.17, 15) is 4.79 Å². The van der Waals surface area contributed by atoms with E-state index >= 15 is 0 Å². The molecular formula is C17H23N3O. The number of rotatable bonds is 2. The summed E-state index contributed by atoms with van der Waals surface area (Å²) in [5.74, 6) is 0.202. The minimum Gasteiger partial charge on any atom is -0.384 e. The number of carbonyl (C=O) groups excluding carboxylic acids is 1. The molecular weight excluding hydrogens is 262 g/mol. The van der Waals surface area contributed by atoms with Gasteiger partial charge in [0.15, 0.2) is 0 Å². The Labute approximate surface area is 126 Å². The predicted octanol–water partition coefficient (Wildman–Crippen LogP) is 1.96. The first-order chi connectivity index (χ1) is 10.3. The Bertz CT molecular complexity index is 551. The lowest BCUT2D eigenvalue weighted by Gasteiger charge is -2.23. The Balaban J connectivity index is 1.45. The van der Waals surface area contributed by atoms with Crippen molar-refractivity contribution in [1.29, 1.82) is 0 Å². The van der Waals surface area contributed by atoms with Gasteiger partial charge in [-0.1, -0.05) is 6.07 Å². The molecule has 0 spiro atoms. The van der Waals surface area contributed by atoms with Crippen LogP contribution in [0.3, 0.4) is 0 Å². The summed E-state index contributed by atoms with van der Waals surface area (Å²) in [5, 5.41) is 3.36. The van der Waals surface area contributed by atoms with Crippen LogP contribution in [0, 0.1) is 0 Å². The van der Waals surface area contributed by atoms with Gasteiger partial charge in [-0.05, 0) is 56.5 Å². The first-order valence-electron chi connectivity index (χ1n) is 8.21. The van der Waals surface area contributed by atoms with Gasteiger partial charge in [0, 0.05) is 36.9 Å². The fourth-order valence-electron chi connectivity index (χ4n) is 3.94. The molecule has 2 fully saturated rings. The molecule has 3 heterocycles. The van der Waals surface area contributed by atoms with Gasteiger partial charge in [0.25, 0.3) is 5.91 Å². The SMILES string of the molecule is O=C(c1ccc2c(c1)NCC2)N1CCC(N2CCCC2)C1. The van der Waals surface area contributed by atoms with E-state index < -0.39 is 0 Å². The fourth-order valence-corrected chi connectivity index (χ4v) is 3.94. The summed E-state index contributed by atoms with van der Waals surface area (Å²) in [6, 6.07) is 6.73. The molecule has 1 N–H and O–H groups in total. The van der Waals surface area contributed by atoms with Gasteiger partial charge in [-0.15, -0.1) is 0 Å². The summed E-state index contributed by atoms with van der Waals surface area (Å²) in [4.78, 5) is 17.3. The summed E-state index contributed by atoms with van der Waals surface area (Å²) in [7, 11) is 0. The van der Waals surface area contributed by atoms with Gasteiger partial charge in [0.2, 0.25) is 0 Å². The highest BCUT2D eigenvalue weighted by atomic mass is 16.2. The highest BCUT2D eigenvalue weighted by molar-refractivity contribution is 5.95. The fraction of sp³-hybridized carbons (Fsp3) is 0.588. The van der Waals surface area contributed by atoms with Crippen molar-refractivity contribution >= 4 is 11.6 Å². The molecule has 1 aromatic rings. The Morgan fingerprint density at radius 3 is 2.90 bits per heavy atom. The number of nitrogens with one attached hydrogen (secondary N) is 1. The molecule has 0 aliphatic carbocycles. The molecule has 1 unspecified atom stereocenters. The minimum absolute atomic E-state index is 0.202. The zero-order chi connectivity index (χ0) is 14.2. The van der Waals surface area contributed by atoms with Crippen LogP contribution >= 0.6 is 0 Å². The van der Waals surface area contributed by atoms with E-state index in [0.717, 1.165) is 43.7 Å². The molecule has 0 radical (unpaired) electrons. The van der Waals surface area contributed by atoms with Crippen LogP contribution in [0.2, 0.25) is 0 Å². The largest absolute Gasteiger partial charge is 0.384 e. The quantitative estimate of drug-likeness (QED) is 0.902. The number of hydrogen-bond donors (Lipinski definition) is 1. The molecule has 0 bridgehead atoms. The van der Waals surface area contributed by atoms with Crippen LogP contribution in [0.25, 0.3) is 0 Å². The van der Waals surface area contributed by atoms with Gasteiger partial charge >= 0.3 is 0 Å². The molecule has 4 nitrogen and oxygen atoms in total. The number of fused-ring (bicyclic) bond motifs is 1. The smallest absolute Gasteiger partial charge is 0.253 e. The number of anilines is 1. The Hall–Kier alpha value is -1.55. The van der Waals surface area contributed by atoms with Crippen molar-refractivity contribution in [2.24, 2.45) is 0 Å². The van der Waals surface area contributed by atoms with E-state index in [1.807, 2.05) is 17.0 Å². The molecule has 0 saturated carbocycles. The maximum absolute atomic E-state index is 12.7. The van der Waals surface area contributed by atoms with Crippen LogP contribution in [0.1, 0.15) is 35.2 Å². The van der Waals surface area contributed by atoms with Gasteiger partial charge < -0.3 is 10.2 Å². The van der Waals surface area contributed by atoms with E-state index in [-0.39, 0.29) is 5.91 Å². The Morgan fingerprint density at radius 1 is 1.19 bits per heavy atom. The molecule has 2 saturated heterocycles. The molecule has 1 atom stereocenters. The second-order valence-corrected chi connectivity index (χ2v) is 6.49. The van der Waals surface area contributed by atoms with Crippen LogP contribution in [0.15, 0.2) is 18.2 Å². The number of hydrogen-bond acceptors (Lipinski definition) is 3. The zero-order valence-electron chi connectivity index (χ0n) is 12.5. The number of benzene rings is 1. The van der Waals surface area contributed by atoms with Crippen LogP contribution < -0.4 is 5.32 Å².